The fraction of sp³-hybridized carbons (Fsp3) is 0.381. The van der Waals surface area contributed by atoms with Crippen molar-refractivity contribution in [2.75, 3.05) is 6.54 Å². The first-order chi connectivity index (χ1) is 12.8. The van der Waals surface area contributed by atoms with Gasteiger partial charge in [0.15, 0.2) is 0 Å². The van der Waals surface area contributed by atoms with Gasteiger partial charge in [0.1, 0.15) is 0 Å². The highest BCUT2D eigenvalue weighted by Crippen LogP contribution is 2.36. The second-order valence-electron chi connectivity index (χ2n) is 7.32. The van der Waals surface area contributed by atoms with Crippen LogP contribution in [0.2, 0.25) is 0 Å². The summed E-state index contributed by atoms with van der Waals surface area (Å²) in [6.45, 7) is 6.08. The molecule has 1 atom stereocenters. The van der Waals surface area contributed by atoms with Crippen LogP contribution < -0.4 is 5.32 Å². The normalized spacial score (nSPS) is 17.6. The lowest BCUT2D eigenvalue weighted by molar-refractivity contribution is -0.122. The van der Waals surface area contributed by atoms with Crippen LogP contribution in [0.5, 0.6) is 0 Å². The number of rotatable bonds is 5. The maximum absolute atomic E-state index is 13.3. The SMILES string of the molecule is Cc1ccc(S(=O)(=O)N2CCc3ccccc3[C@H]2CC(=O)NC(C)C)cc1. The van der Waals surface area contributed by atoms with Gasteiger partial charge in [0, 0.05) is 19.0 Å². The maximum Gasteiger partial charge on any atom is 0.243 e. The Morgan fingerprint density at radius 1 is 1.15 bits per heavy atom. The Balaban J connectivity index is 1.99. The highest BCUT2D eigenvalue weighted by Gasteiger charge is 2.37. The van der Waals surface area contributed by atoms with Gasteiger partial charge in [-0.25, -0.2) is 8.42 Å². The lowest BCUT2D eigenvalue weighted by Gasteiger charge is -2.36. The first-order valence-electron chi connectivity index (χ1n) is 9.24. The number of hydrogen-bond donors (Lipinski definition) is 1. The van der Waals surface area contributed by atoms with Crippen LogP contribution in [0.4, 0.5) is 0 Å². The highest BCUT2D eigenvalue weighted by atomic mass is 32.2. The van der Waals surface area contributed by atoms with Gasteiger partial charge in [-0.15, -0.1) is 0 Å². The number of hydrogen-bond acceptors (Lipinski definition) is 3. The lowest BCUT2D eigenvalue weighted by atomic mass is 9.92. The van der Waals surface area contributed by atoms with Crippen molar-refractivity contribution in [2.24, 2.45) is 0 Å². The molecule has 1 amide bonds. The van der Waals surface area contributed by atoms with Crippen LogP contribution in [0, 0.1) is 6.92 Å². The van der Waals surface area contributed by atoms with Gasteiger partial charge in [0.25, 0.3) is 0 Å². The van der Waals surface area contributed by atoms with E-state index in [0.29, 0.717) is 13.0 Å². The number of aryl methyl sites for hydroxylation is 1. The molecule has 0 radical (unpaired) electrons. The number of carbonyl (C=O) groups excluding carboxylic acids is 1. The minimum atomic E-state index is -3.69. The van der Waals surface area contributed by atoms with Crippen LogP contribution in [-0.2, 0) is 21.2 Å². The Kier molecular flexibility index (Phi) is 5.67. The number of nitrogens with zero attached hydrogens (tertiary/aromatic N) is 1. The number of nitrogens with one attached hydrogen (secondary N) is 1. The third-order valence-electron chi connectivity index (χ3n) is 4.82. The van der Waals surface area contributed by atoms with Gasteiger partial charge in [-0.2, -0.15) is 4.31 Å². The molecule has 2 aromatic rings. The monoisotopic (exact) mass is 386 g/mol. The van der Waals surface area contributed by atoms with Crippen molar-refractivity contribution >= 4 is 15.9 Å². The van der Waals surface area contributed by atoms with Crippen LogP contribution in [0.15, 0.2) is 53.4 Å². The quantitative estimate of drug-likeness (QED) is 0.858. The molecule has 0 unspecified atom stereocenters. The van der Waals surface area contributed by atoms with Crippen molar-refractivity contribution in [1.29, 1.82) is 0 Å². The van der Waals surface area contributed by atoms with Crippen molar-refractivity contribution in [3.63, 3.8) is 0 Å². The molecule has 1 aliphatic rings. The van der Waals surface area contributed by atoms with Crippen LogP contribution >= 0.6 is 0 Å². The second kappa shape index (κ2) is 7.82. The van der Waals surface area contributed by atoms with Crippen molar-refractivity contribution in [3.8, 4) is 0 Å². The molecule has 1 N–H and O–H groups in total. The van der Waals surface area contributed by atoms with Crippen molar-refractivity contribution in [2.45, 2.75) is 50.6 Å². The molecule has 27 heavy (non-hydrogen) atoms. The molecule has 6 heteroatoms. The van der Waals surface area contributed by atoms with Gasteiger partial charge in [-0.05, 0) is 50.5 Å². The van der Waals surface area contributed by atoms with Crippen molar-refractivity contribution in [1.82, 2.24) is 9.62 Å². The first kappa shape index (κ1) is 19.6. The van der Waals surface area contributed by atoms with Gasteiger partial charge >= 0.3 is 0 Å². The minimum absolute atomic E-state index is 0.0125. The van der Waals surface area contributed by atoms with Gasteiger partial charge in [0.2, 0.25) is 15.9 Å². The standard InChI is InChI=1S/C21H26N2O3S/c1-15(2)22-21(24)14-20-19-7-5-4-6-17(19)12-13-23(20)27(25,26)18-10-8-16(3)9-11-18/h4-11,15,20H,12-14H2,1-3H3,(H,22,24)/t20-/m1/s1. The molecule has 3 rings (SSSR count). The minimum Gasteiger partial charge on any atom is -0.354 e. The number of fused-ring (bicyclic) bond motifs is 1. The average molecular weight is 387 g/mol. The molecule has 0 aromatic heterocycles. The molecule has 1 heterocycles. The van der Waals surface area contributed by atoms with E-state index in [4.69, 9.17) is 0 Å². The number of amides is 1. The molecule has 2 aromatic carbocycles. The molecule has 0 bridgehead atoms. The highest BCUT2D eigenvalue weighted by molar-refractivity contribution is 7.89. The Morgan fingerprint density at radius 2 is 1.81 bits per heavy atom. The van der Waals surface area contributed by atoms with E-state index in [9.17, 15) is 13.2 Å². The smallest absolute Gasteiger partial charge is 0.243 e. The molecule has 5 nitrogen and oxygen atoms in total. The summed E-state index contributed by atoms with van der Waals surface area (Å²) in [5.41, 5.74) is 3.03. The molecular formula is C21H26N2O3S. The van der Waals surface area contributed by atoms with E-state index in [1.54, 1.807) is 24.3 Å². The topological polar surface area (TPSA) is 66.5 Å². The average Bonchev–Trinajstić information content (AvgIpc) is 2.61. The lowest BCUT2D eigenvalue weighted by Crippen LogP contribution is -2.43. The Labute approximate surface area is 161 Å². The maximum atomic E-state index is 13.3. The van der Waals surface area contributed by atoms with Crippen LogP contribution in [0.1, 0.15) is 43.0 Å². The summed E-state index contributed by atoms with van der Waals surface area (Å²) >= 11 is 0. The predicted octanol–water partition coefficient (Wildman–Crippen LogP) is 3.20. The Morgan fingerprint density at radius 3 is 2.48 bits per heavy atom. The fourth-order valence-corrected chi connectivity index (χ4v) is 5.14. The third-order valence-corrected chi connectivity index (χ3v) is 6.74. The summed E-state index contributed by atoms with van der Waals surface area (Å²) in [6, 6.07) is 14.2. The van der Waals surface area contributed by atoms with E-state index >= 15 is 0 Å². The largest absolute Gasteiger partial charge is 0.354 e. The number of carbonyl (C=O) groups is 1. The van der Waals surface area contributed by atoms with E-state index < -0.39 is 16.1 Å². The number of benzene rings is 2. The molecule has 0 saturated carbocycles. The van der Waals surface area contributed by atoms with Gasteiger partial charge in [-0.3, -0.25) is 4.79 Å². The van der Waals surface area contributed by atoms with Crippen molar-refractivity contribution < 1.29 is 13.2 Å². The van der Waals surface area contributed by atoms with Gasteiger partial charge < -0.3 is 5.32 Å². The van der Waals surface area contributed by atoms with E-state index in [-0.39, 0.29) is 23.3 Å². The summed E-state index contributed by atoms with van der Waals surface area (Å²) < 4.78 is 28.1. The van der Waals surface area contributed by atoms with E-state index in [2.05, 4.69) is 5.32 Å². The molecule has 0 fully saturated rings. The van der Waals surface area contributed by atoms with E-state index in [0.717, 1.165) is 16.7 Å². The Bertz CT molecular complexity index is 921. The zero-order valence-corrected chi connectivity index (χ0v) is 16.8. The molecule has 144 valence electrons. The van der Waals surface area contributed by atoms with E-state index in [1.165, 1.54) is 4.31 Å². The molecular weight excluding hydrogens is 360 g/mol. The summed E-state index contributed by atoms with van der Waals surface area (Å²) in [5, 5.41) is 2.88. The van der Waals surface area contributed by atoms with Crippen LogP contribution in [0.25, 0.3) is 0 Å². The van der Waals surface area contributed by atoms with E-state index in [1.807, 2.05) is 45.0 Å². The molecule has 0 aliphatic carbocycles. The summed E-state index contributed by atoms with van der Waals surface area (Å²) in [6.07, 6.45) is 0.754. The van der Waals surface area contributed by atoms with Gasteiger partial charge in [-0.1, -0.05) is 42.0 Å². The zero-order valence-electron chi connectivity index (χ0n) is 16.0. The fourth-order valence-electron chi connectivity index (χ4n) is 3.53. The van der Waals surface area contributed by atoms with Crippen LogP contribution in [-0.4, -0.2) is 31.2 Å². The molecule has 0 saturated heterocycles. The van der Waals surface area contributed by atoms with Crippen LogP contribution in [0.3, 0.4) is 0 Å². The van der Waals surface area contributed by atoms with Gasteiger partial charge in [0.05, 0.1) is 10.9 Å². The predicted molar refractivity (Wildman–Crippen MR) is 106 cm³/mol. The second-order valence-corrected chi connectivity index (χ2v) is 9.21. The zero-order chi connectivity index (χ0) is 19.6. The number of sulfonamides is 1. The summed E-state index contributed by atoms with van der Waals surface area (Å²) in [7, 11) is -3.69. The third kappa shape index (κ3) is 4.22. The summed E-state index contributed by atoms with van der Waals surface area (Å²) in [4.78, 5) is 12.7. The molecule has 0 spiro atoms. The van der Waals surface area contributed by atoms with Crippen molar-refractivity contribution in [3.05, 3.63) is 65.2 Å². The first-order valence-corrected chi connectivity index (χ1v) is 10.7. The molecule has 1 aliphatic heterocycles. The Hall–Kier alpha value is -2.18. The summed E-state index contributed by atoms with van der Waals surface area (Å²) in [5.74, 6) is -0.143.